The first-order valence-corrected chi connectivity index (χ1v) is 13.1. The van der Waals surface area contributed by atoms with E-state index in [0.29, 0.717) is 29.3 Å². The van der Waals surface area contributed by atoms with Crippen LogP contribution in [-0.2, 0) is 22.6 Å². The van der Waals surface area contributed by atoms with Crippen LogP contribution in [-0.4, -0.2) is 37.0 Å². The number of ether oxygens (including phenoxy) is 2. The Hall–Kier alpha value is -4.29. The zero-order valence-corrected chi connectivity index (χ0v) is 22.5. The maximum Gasteiger partial charge on any atom is 0.261 e. The molecule has 0 aliphatic heterocycles. The summed E-state index contributed by atoms with van der Waals surface area (Å²) in [5.74, 6) is 0.586. The molecule has 2 amide bonds. The van der Waals surface area contributed by atoms with E-state index < -0.39 is 6.04 Å². The predicted molar refractivity (Wildman–Crippen MR) is 153 cm³/mol. The molecule has 1 N–H and O–H groups in total. The van der Waals surface area contributed by atoms with Crippen LogP contribution >= 0.6 is 11.6 Å². The third kappa shape index (κ3) is 7.85. The Kier molecular flexibility index (Phi) is 9.98. The highest BCUT2D eigenvalue weighted by molar-refractivity contribution is 6.32. The van der Waals surface area contributed by atoms with Gasteiger partial charge in [0.05, 0.1) is 12.1 Å². The first-order valence-electron chi connectivity index (χ1n) is 12.7. The second-order valence-electron chi connectivity index (χ2n) is 8.93. The molecule has 0 aromatic heterocycles. The Morgan fingerprint density at radius 2 is 1.46 bits per heavy atom. The quantitative estimate of drug-likeness (QED) is 0.244. The normalized spacial score (nSPS) is 11.3. The molecule has 0 saturated carbocycles. The van der Waals surface area contributed by atoms with Crippen molar-refractivity contribution in [2.45, 2.75) is 19.0 Å². The van der Waals surface area contributed by atoms with E-state index in [1.165, 1.54) is 0 Å². The predicted octanol–water partition coefficient (Wildman–Crippen LogP) is 5.86. The molecule has 200 valence electrons. The Balaban J connectivity index is 1.56. The van der Waals surface area contributed by atoms with Crippen LogP contribution in [0.5, 0.6) is 11.5 Å². The van der Waals surface area contributed by atoms with Crippen molar-refractivity contribution >= 4 is 23.4 Å². The lowest BCUT2D eigenvalue weighted by Gasteiger charge is -2.31. The lowest BCUT2D eigenvalue weighted by atomic mass is 10.0. The maximum absolute atomic E-state index is 13.7. The summed E-state index contributed by atoms with van der Waals surface area (Å²) < 4.78 is 11.0. The van der Waals surface area contributed by atoms with Crippen LogP contribution in [0.25, 0.3) is 0 Å². The fourth-order valence-corrected chi connectivity index (χ4v) is 4.41. The molecular weight excluding hydrogens is 512 g/mol. The van der Waals surface area contributed by atoms with Crippen molar-refractivity contribution in [3.8, 4) is 11.5 Å². The van der Waals surface area contributed by atoms with Crippen LogP contribution in [0.15, 0.2) is 109 Å². The van der Waals surface area contributed by atoms with Gasteiger partial charge in [-0.1, -0.05) is 96.5 Å². The van der Waals surface area contributed by atoms with Crippen LogP contribution in [0.1, 0.15) is 22.7 Å². The van der Waals surface area contributed by atoms with E-state index in [-0.39, 0.29) is 25.0 Å². The summed E-state index contributed by atoms with van der Waals surface area (Å²) in [7, 11) is 1.63. The van der Waals surface area contributed by atoms with E-state index in [1.807, 2.05) is 84.9 Å². The number of methoxy groups -OCH3 is 1. The molecular formula is C32H31ClN2O4. The van der Waals surface area contributed by atoms with Crippen molar-refractivity contribution in [1.29, 1.82) is 0 Å². The van der Waals surface area contributed by atoms with Crippen molar-refractivity contribution < 1.29 is 19.1 Å². The third-order valence-electron chi connectivity index (χ3n) is 6.25. The highest BCUT2D eigenvalue weighted by atomic mass is 35.5. The SMILES string of the molecule is COc1ccc(CCNC(=O)[C@H](c2ccccc2)N(Cc2ccccc2)C(=O)COc2ccccc2Cl)cc1. The number of hydrogen-bond donors (Lipinski definition) is 1. The summed E-state index contributed by atoms with van der Waals surface area (Å²) in [5, 5.41) is 3.45. The second-order valence-corrected chi connectivity index (χ2v) is 9.34. The molecule has 1 atom stereocenters. The molecule has 4 aromatic rings. The van der Waals surface area contributed by atoms with Gasteiger partial charge < -0.3 is 19.7 Å². The zero-order chi connectivity index (χ0) is 27.5. The molecule has 0 fully saturated rings. The summed E-state index contributed by atoms with van der Waals surface area (Å²) in [6.45, 7) is 0.383. The van der Waals surface area contributed by atoms with E-state index in [1.54, 1.807) is 36.3 Å². The molecule has 0 spiro atoms. The average molecular weight is 543 g/mol. The van der Waals surface area contributed by atoms with Gasteiger partial charge >= 0.3 is 0 Å². The Morgan fingerprint density at radius 3 is 2.13 bits per heavy atom. The van der Waals surface area contributed by atoms with Crippen LogP contribution < -0.4 is 14.8 Å². The van der Waals surface area contributed by atoms with E-state index in [9.17, 15) is 9.59 Å². The summed E-state index contributed by atoms with van der Waals surface area (Å²) in [5.41, 5.74) is 2.68. The number of carbonyl (C=O) groups is 2. The smallest absolute Gasteiger partial charge is 0.261 e. The van der Waals surface area contributed by atoms with E-state index in [4.69, 9.17) is 21.1 Å². The molecule has 4 rings (SSSR count). The van der Waals surface area contributed by atoms with E-state index in [2.05, 4.69) is 5.32 Å². The fourth-order valence-electron chi connectivity index (χ4n) is 4.21. The van der Waals surface area contributed by atoms with E-state index in [0.717, 1.165) is 16.9 Å². The topological polar surface area (TPSA) is 67.9 Å². The summed E-state index contributed by atoms with van der Waals surface area (Å²) >= 11 is 6.23. The van der Waals surface area contributed by atoms with Gasteiger partial charge in [-0.2, -0.15) is 0 Å². The second kappa shape index (κ2) is 14.0. The number of rotatable bonds is 12. The highest BCUT2D eigenvalue weighted by Crippen LogP contribution is 2.26. The zero-order valence-electron chi connectivity index (χ0n) is 21.8. The van der Waals surface area contributed by atoms with Crippen molar-refractivity contribution in [3.05, 3.63) is 131 Å². The van der Waals surface area contributed by atoms with Crippen molar-refractivity contribution in [1.82, 2.24) is 10.2 Å². The summed E-state index contributed by atoms with van der Waals surface area (Å²) in [6.07, 6.45) is 0.638. The largest absolute Gasteiger partial charge is 0.497 e. The van der Waals surface area contributed by atoms with Crippen LogP contribution in [0, 0.1) is 0 Å². The van der Waals surface area contributed by atoms with Gasteiger partial charge in [-0.15, -0.1) is 0 Å². The minimum Gasteiger partial charge on any atom is -0.497 e. The van der Waals surface area contributed by atoms with Gasteiger partial charge in [0.1, 0.15) is 17.5 Å². The number of hydrogen-bond acceptors (Lipinski definition) is 4. The average Bonchev–Trinajstić information content (AvgIpc) is 2.98. The van der Waals surface area contributed by atoms with Crippen LogP contribution in [0.4, 0.5) is 0 Å². The first kappa shape index (κ1) is 27.7. The molecule has 39 heavy (non-hydrogen) atoms. The molecule has 6 nitrogen and oxygen atoms in total. The summed E-state index contributed by atoms with van der Waals surface area (Å²) in [6, 6.07) is 32.7. The van der Waals surface area contributed by atoms with Gasteiger partial charge in [0.15, 0.2) is 6.61 Å². The molecule has 7 heteroatoms. The monoisotopic (exact) mass is 542 g/mol. The first-order chi connectivity index (χ1) is 19.0. The maximum atomic E-state index is 13.7. The van der Waals surface area contributed by atoms with Crippen LogP contribution in [0.3, 0.4) is 0 Å². The summed E-state index contributed by atoms with van der Waals surface area (Å²) in [4.78, 5) is 28.9. The number of nitrogens with one attached hydrogen (secondary N) is 1. The van der Waals surface area contributed by atoms with Gasteiger partial charge in [-0.05, 0) is 47.4 Å². The number of carbonyl (C=O) groups excluding carboxylic acids is 2. The number of amides is 2. The molecule has 0 unspecified atom stereocenters. The Bertz CT molecular complexity index is 1350. The molecule has 0 saturated heterocycles. The van der Waals surface area contributed by atoms with Gasteiger partial charge in [0.2, 0.25) is 5.91 Å². The molecule has 0 aliphatic rings. The lowest BCUT2D eigenvalue weighted by molar-refractivity contribution is -0.143. The Morgan fingerprint density at radius 1 is 0.821 bits per heavy atom. The van der Waals surface area contributed by atoms with Gasteiger partial charge in [0.25, 0.3) is 5.91 Å². The molecule has 0 heterocycles. The van der Waals surface area contributed by atoms with Gasteiger partial charge in [-0.3, -0.25) is 9.59 Å². The van der Waals surface area contributed by atoms with Crippen molar-refractivity contribution in [3.63, 3.8) is 0 Å². The lowest BCUT2D eigenvalue weighted by Crippen LogP contribution is -2.45. The van der Waals surface area contributed by atoms with Crippen molar-refractivity contribution in [2.75, 3.05) is 20.3 Å². The molecule has 0 aliphatic carbocycles. The fraction of sp³-hybridized carbons (Fsp3) is 0.188. The van der Waals surface area contributed by atoms with Gasteiger partial charge in [-0.25, -0.2) is 0 Å². The van der Waals surface area contributed by atoms with Gasteiger partial charge in [0, 0.05) is 13.1 Å². The number of halogens is 1. The molecule has 0 bridgehead atoms. The van der Waals surface area contributed by atoms with Crippen LogP contribution in [0.2, 0.25) is 5.02 Å². The number of para-hydroxylation sites is 1. The minimum absolute atomic E-state index is 0.233. The Labute approximate surface area is 234 Å². The number of nitrogens with zero attached hydrogens (tertiary/aromatic N) is 1. The molecule has 0 radical (unpaired) electrons. The highest BCUT2D eigenvalue weighted by Gasteiger charge is 2.31. The molecule has 4 aromatic carbocycles. The standard InChI is InChI=1S/C32H31ClN2O4/c1-38-27-18-16-24(17-19-27)20-21-34-32(37)31(26-12-6-3-7-13-26)35(22-25-10-4-2-5-11-25)30(36)23-39-29-15-9-8-14-28(29)33/h2-19,31H,20-23H2,1H3,(H,34,37)/t31-/m0/s1. The minimum atomic E-state index is -0.857. The van der Waals surface area contributed by atoms with E-state index >= 15 is 0 Å². The number of benzene rings is 4. The van der Waals surface area contributed by atoms with Crippen molar-refractivity contribution in [2.24, 2.45) is 0 Å². The third-order valence-corrected chi connectivity index (χ3v) is 6.56.